The average molecular weight is 315 g/mol. The van der Waals surface area contributed by atoms with Gasteiger partial charge in [-0.2, -0.15) is 0 Å². The Morgan fingerprint density at radius 1 is 1.19 bits per heavy atom. The van der Waals surface area contributed by atoms with Gasteiger partial charge in [-0.1, -0.05) is 19.8 Å². The molecular weight excluding hydrogens is 284 g/mol. The molecule has 0 radical (unpaired) electrons. The van der Waals surface area contributed by atoms with Gasteiger partial charge in [0.05, 0.1) is 0 Å². The Bertz CT molecular complexity index is 337. The number of halogens is 1. The van der Waals surface area contributed by atoms with Gasteiger partial charge in [0.1, 0.15) is 0 Å². The SMILES string of the molecule is CCCCC(CN)NC(=O)C12CC3CC(CC(C3)C1)C2.Cl. The number of rotatable bonds is 6. The highest BCUT2D eigenvalue weighted by atomic mass is 35.5. The molecule has 0 saturated heterocycles. The highest BCUT2D eigenvalue weighted by molar-refractivity contribution is 5.85. The number of amides is 1. The van der Waals surface area contributed by atoms with Crippen LogP contribution in [0, 0.1) is 23.2 Å². The number of carbonyl (C=O) groups is 1. The van der Waals surface area contributed by atoms with Crippen LogP contribution in [-0.4, -0.2) is 18.5 Å². The van der Waals surface area contributed by atoms with E-state index in [2.05, 4.69) is 12.2 Å². The number of nitrogens with one attached hydrogen (secondary N) is 1. The largest absolute Gasteiger partial charge is 0.352 e. The van der Waals surface area contributed by atoms with Crippen LogP contribution in [0.1, 0.15) is 64.7 Å². The Kier molecular flexibility index (Phi) is 5.59. The van der Waals surface area contributed by atoms with Crippen molar-refractivity contribution in [3.05, 3.63) is 0 Å². The molecule has 122 valence electrons. The Hall–Kier alpha value is -0.280. The maximum Gasteiger partial charge on any atom is 0.226 e. The molecular formula is C17H31ClN2O. The van der Waals surface area contributed by atoms with Gasteiger partial charge >= 0.3 is 0 Å². The number of nitrogens with two attached hydrogens (primary N) is 1. The van der Waals surface area contributed by atoms with E-state index < -0.39 is 0 Å². The number of carbonyl (C=O) groups excluding carboxylic acids is 1. The van der Waals surface area contributed by atoms with E-state index in [0.29, 0.717) is 12.5 Å². The zero-order valence-corrected chi connectivity index (χ0v) is 14.1. The molecule has 4 heteroatoms. The van der Waals surface area contributed by atoms with E-state index in [1.807, 2.05) is 0 Å². The molecule has 4 aliphatic rings. The number of unbranched alkanes of at least 4 members (excludes halogenated alkanes) is 1. The molecule has 0 heterocycles. The fourth-order valence-electron chi connectivity index (χ4n) is 5.43. The molecule has 21 heavy (non-hydrogen) atoms. The van der Waals surface area contributed by atoms with E-state index in [1.54, 1.807) is 0 Å². The molecule has 0 spiro atoms. The minimum atomic E-state index is -0.0195. The van der Waals surface area contributed by atoms with E-state index in [9.17, 15) is 4.79 Å². The van der Waals surface area contributed by atoms with Crippen molar-refractivity contribution >= 4 is 18.3 Å². The smallest absolute Gasteiger partial charge is 0.226 e. The monoisotopic (exact) mass is 314 g/mol. The van der Waals surface area contributed by atoms with E-state index in [-0.39, 0.29) is 23.9 Å². The van der Waals surface area contributed by atoms with E-state index in [0.717, 1.165) is 49.9 Å². The molecule has 0 aromatic heterocycles. The second kappa shape index (κ2) is 6.87. The zero-order valence-electron chi connectivity index (χ0n) is 13.3. The molecule has 4 saturated carbocycles. The van der Waals surface area contributed by atoms with Crippen LogP contribution >= 0.6 is 12.4 Å². The Balaban J connectivity index is 0.00000161. The molecule has 4 fully saturated rings. The van der Waals surface area contributed by atoms with Crippen molar-refractivity contribution in [3.63, 3.8) is 0 Å². The summed E-state index contributed by atoms with van der Waals surface area (Å²) in [6.07, 6.45) is 11.0. The van der Waals surface area contributed by atoms with Gasteiger partial charge in [0.25, 0.3) is 0 Å². The maximum absolute atomic E-state index is 12.9. The lowest BCUT2D eigenvalue weighted by Crippen LogP contribution is -2.56. The third-order valence-corrected chi connectivity index (χ3v) is 6.05. The molecule has 0 aromatic carbocycles. The van der Waals surface area contributed by atoms with Gasteiger partial charge in [-0.3, -0.25) is 4.79 Å². The summed E-state index contributed by atoms with van der Waals surface area (Å²) in [5, 5.41) is 3.29. The first-order chi connectivity index (χ1) is 9.65. The number of hydrogen-bond donors (Lipinski definition) is 2. The molecule has 0 aromatic rings. The highest BCUT2D eigenvalue weighted by Gasteiger charge is 2.54. The molecule has 1 unspecified atom stereocenters. The number of hydrogen-bond acceptors (Lipinski definition) is 2. The predicted molar refractivity (Wildman–Crippen MR) is 88.4 cm³/mol. The zero-order chi connectivity index (χ0) is 14.2. The lowest BCUT2D eigenvalue weighted by molar-refractivity contribution is -0.147. The molecule has 3 nitrogen and oxygen atoms in total. The Labute approximate surface area is 135 Å². The van der Waals surface area contributed by atoms with Crippen molar-refractivity contribution in [3.8, 4) is 0 Å². The fourth-order valence-corrected chi connectivity index (χ4v) is 5.43. The average Bonchev–Trinajstić information content (AvgIpc) is 2.41. The lowest BCUT2D eigenvalue weighted by atomic mass is 9.49. The summed E-state index contributed by atoms with van der Waals surface area (Å²) in [5.74, 6) is 2.83. The van der Waals surface area contributed by atoms with Crippen LogP contribution in [0.15, 0.2) is 0 Å². The molecule has 4 bridgehead atoms. The minimum Gasteiger partial charge on any atom is -0.352 e. The summed E-state index contributed by atoms with van der Waals surface area (Å²) in [7, 11) is 0. The van der Waals surface area contributed by atoms with Gasteiger partial charge in [-0.15, -0.1) is 12.4 Å². The van der Waals surface area contributed by atoms with Crippen molar-refractivity contribution < 1.29 is 4.79 Å². The third kappa shape index (κ3) is 3.39. The van der Waals surface area contributed by atoms with Crippen LogP contribution in [-0.2, 0) is 4.79 Å². The van der Waals surface area contributed by atoms with Gasteiger partial charge in [-0.25, -0.2) is 0 Å². The third-order valence-electron chi connectivity index (χ3n) is 6.05. The minimum absolute atomic E-state index is 0. The first kappa shape index (κ1) is 17.1. The van der Waals surface area contributed by atoms with Crippen molar-refractivity contribution in [2.45, 2.75) is 70.8 Å². The first-order valence-electron chi connectivity index (χ1n) is 8.66. The topological polar surface area (TPSA) is 55.1 Å². The summed E-state index contributed by atoms with van der Waals surface area (Å²) >= 11 is 0. The summed E-state index contributed by atoms with van der Waals surface area (Å²) < 4.78 is 0. The van der Waals surface area contributed by atoms with E-state index in [4.69, 9.17) is 5.73 Å². The molecule has 3 N–H and O–H groups in total. The molecule has 0 aliphatic heterocycles. The van der Waals surface area contributed by atoms with Gasteiger partial charge in [-0.05, 0) is 62.7 Å². The van der Waals surface area contributed by atoms with Gasteiger partial charge in [0, 0.05) is 18.0 Å². The van der Waals surface area contributed by atoms with Crippen LogP contribution in [0.5, 0.6) is 0 Å². The maximum atomic E-state index is 12.9. The van der Waals surface area contributed by atoms with Gasteiger partial charge < -0.3 is 11.1 Å². The summed E-state index contributed by atoms with van der Waals surface area (Å²) in [5.41, 5.74) is 5.82. The first-order valence-corrected chi connectivity index (χ1v) is 8.66. The second-order valence-electron chi connectivity index (χ2n) is 7.75. The molecule has 1 atom stereocenters. The van der Waals surface area contributed by atoms with Crippen LogP contribution < -0.4 is 11.1 Å². The van der Waals surface area contributed by atoms with Gasteiger partial charge in [0.2, 0.25) is 5.91 Å². The van der Waals surface area contributed by atoms with Crippen molar-refractivity contribution in [2.75, 3.05) is 6.54 Å². The summed E-state index contributed by atoms with van der Waals surface area (Å²) in [6.45, 7) is 2.77. The van der Waals surface area contributed by atoms with Crippen LogP contribution in [0.3, 0.4) is 0 Å². The molecule has 4 aliphatic carbocycles. The molecule has 4 rings (SSSR count). The van der Waals surface area contributed by atoms with Crippen molar-refractivity contribution in [2.24, 2.45) is 28.9 Å². The Morgan fingerprint density at radius 2 is 1.71 bits per heavy atom. The van der Waals surface area contributed by atoms with Crippen molar-refractivity contribution in [1.29, 1.82) is 0 Å². The van der Waals surface area contributed by atoms with Crippen LogP contribution in [0.4, 0.5) is 0 Å². The summed E-state index contributed by atoms with van der Waals surface area (Å²) in [4.78, 5) is 12.9. The van der Waals surface area contributed by atoms with E-state index >= 15 is 0 Å². The van der Waals surface area contributed by atoms with Crippen molar-refractivity contribution in [1.82, 2.24) is 5.32 Å². The lowest BCUT2D eigenvalue weighted by Gasteiger charge is -2.55. The highest BCUT2D eigenvalue weighted by Crippen LogP contribution is 2.60. The Morgan fingerprint density at radius 3 is 2.14 bits per heavy atom. The van der Waals surface area contributed by atoms with E-state index in [1.165, 1.54) is 25.7 Å². The predicted octanol–water partition coefficient (Wildman–Crippen LogP) is 3.26. The fraction of sp³-hybridized carbons (Fsp3) is 0.941. The standard InChI is InChI=1S/C17H30N2O.ClH/c1-2-3-4-15(11-18)19-16(20)17-8-12-5-13(9-17)7-14(6-12)10-17;/h12-15H,2-11,18H2,1H3,(H,19,20);1H. The normalized spacial score (nSPS) is 37.9. The molecule has 1 amide bonds. The summed E-state index contributed by atoms with van der Waals surface area (Å²) in [6, 6.07) is 0.190. The second-order valence-corrected chi connectivity index (χ2v) is 7.75. The van der Waals surface area contributed by atoms with Gasteiger partial charge in [0.15, 0.2) is 0 Å². The quantitative estimate of drug-likeness (QED) is 0.790. The van der Waals surface area contributed by atoms with Crippen LogP contribution in [0.2, 0.25) is 0 Å². The van der Waals surface area contributed by atoms with Crippen LogP contribution in [0.25, 0.3) is 0 Å².